The fourth-order valence-electron chi connectivity index (χ4n) is 3.22. The van der Waals surface area contributed by atoms with Crippen LogP contribution >= 0.6 is 0 Å². The normalized spacial score (nSPS) is 14.6. The Balaban J connectivity index is 1.54. The Morgan fingerprint density at radius 3 is 2.74 bits per heavy atom. The summed E-state index contributed by atoms with van der Waals surface area (Å²) in [5.41, 5.74) is 0.758. The Morgan fingerprint density at radius 2 is 2.07 bits per heavy atom. The molecule has 0 spiro atoms. The number of carbonyl (C=O) groups excluding carboxylic acids is 1. The molecule has 0 radical (unpaired) electrons. The minimum Gasteiger partial charge on any atom is -0.324 e. The van der Waals surface area contributed by atoms with Crippen LogP contribution in [0.4, 0.5) is 15.0 Å². The first-order valence-corrected chi connectivity index (χ1v) is 8.75. The molecular formula is C19H20FN5O2. The molecule has 2 aromatic rings. The van der Waals surface area contributed by atoms with Gasteiger partial charge < -0.3 is 4.90 Å². The lowest BCUT2D eigenvalue weighted by atomic mass is 9.90. The van der Waals surface area contributed by atoms with E-state index in [2.05, 4.69) is 10.4 Å². The Kier molecular flexibility index (Phi) is 5.50. The lowest BCUT2D eigenvalue weighted by Crippen LogP contribution is -2.41. The summed E-state index contributed by atoms with van der Waals surface area (Å²) in [7, 11) is 1.52. The lowest BCUT2D eigenvalue weighted by Gasteiger charge is -2.32. The molecule has 1 aromatic heterocycles. The van der Waals surface area contributed by atoms with Crippen LogP contribution in [0.15, 0.2) is 35.1 Å². The maximum atomic E-state index is 13.4. The molecule has 1 N–H and O–H groups in total. The summed E-state index contributed by atoms with van der Waals surface area (Å²) in [4.78, 5) is 25.4. The topological polar surface area (TPSA) is 91.0 Å². The molecule has 3 rings (SSSR count). The van der Waals surface area contributed by atoms with E-state index in [1.165, 1.54) is 29.9 Å². The van der Waals surface area contributed by atoms with Crippen molar-refractivity contribution in [3.8, 4) is 6.07 Å². The summed E-state index contributed by atoms with van der Waals surface area (Å²) >= 11 is 0. The zero-order valence-corrected chi connectivity index (χ0v) is 15.0. The van der Waals surface area contributed by atoms with Crippen molar-refractivity contribution < 1.29 is 9.18 Å². The molecule has 1 aliphatic rings. The molecule has 1 aromatic carbocycles. The van der Waals surface area contributed by atoms with Gasteiger partial charge in [0.05, 0.1) is 5.56 Å². The summed E-state index contributed by atoms with van der Waals surface area (Å²) in [6, 6.07) is 9.09. The van der Waals surface area contributed by atoms with Crippen LogP contribution in [-0.2, 0) is 13.5 Å². The molecule has 0 unspecified atom stereocenters. The van der Waals surface area contributed by atoms with Gasteiger partial charge in [0.15, 0.2) is 5.82 Å². The van der Waals surface area contributed by atoms with Crippen LogP contribution in [0.2, 0.25) is 0 Å². The maximum Gasteiger partial charge on any atom is 0.323 e. The van der Waals surface area contributed by atoms with E-state index < -0.39 is 5.82 Å². The second-order valence-electron chi connectivity index (χ2n) is 6.67. The third-order valence-corrected chi connectivity index (χ3v) is 4.77. The standard InChI is InChI=1S/C19H20FN5O2/c1-24-18(26)5-4-17(23-24)22-19(27)25-8-6-13(7-9-25)10-14-2-3-16(20)15(11-14)12-21/h2-5,11,13H,6-10H2,1H3,(H,22,23,27). The van der Waals surface area contributed by atoms with E-state index in [1.54, 1.807) is 17.0 Å². The van der Waals surface area contributed by atoms with Gasteiger partial charge in [-0.15, -0.1) is 0 Å². The van der Waals surface area contributed by atoms with Crippen molar-refractivity contribution in [2.24, 2.45) is 13.0 Å². The summed E-state index contributed by atoms with van der Waals surface area (Å²) in [6.45, 7) is 1.21. The molecule has 1 fully saturated rings. The van der Waals surface area contributed by atoms with Crippen LogP contribution in [-0.4, -0.2) is 33.8 Å². The van der Waals surface area contributed by atoms with E-state index in [0.717, 1.165) is 24.8 Å². The van der Waals surface area contributed by atoms with Crippen LogP contribution in [0.25, 0.3) is 0 Å². The van der Waals surface area contributed by atoms with Gasteiger partial charge in [-0.3, -0.25) is 10.1 Å². The van der Waals surface area contributed by atoms with E-state index in [-0.39, 0.29) is 17.2 Å². The number of amides is 2. The number of hydrogen-bond donors (Lipinski definition) is 1. The van der Waals surface area contributed by atoms with Crippen molar-refractivity contribution in [2.75, 3.05) is 18.4 Å². The highest BCUT2D eigenvalue weighted by Gasteiger charge is 2.23. The van der Waals surface area contributed by atoms with E-state index >= 15 is 0 Å². The number of benzene rings is 1. The van der Waals surface area contributed by atoms with Gasteiger partial charge in [-0.2, -0.15) is 10.4 Å². The highest BCUT2D eigenvalue weighted by molar-refractivity contribution is 5.88. The molecule has 1 aliphatic heterocycles. The molecule has 0 bridgehead atoms. The first-order chi connectivity index (χ1) is 13.0. The summed E-state index contributed by atoms with van der Waals surface area (Å²) in [6.07, 6.45) is 2.41. The van der Waals surface area contributed by atoms with Crippen LogP contribution in [0, 0.1) is 23.1 Å². The zero-order valence-electron chi connectivity index (χ0n) is 15.0. The monoisotopic (exact) mass is 369 g/mol. The number of rotatable bonds is 3. The predicted octanol–water partition coefficient (Wildman–Crippen LogP) is 2.28. The number of carbonyl (C=O) groups is 1. The van der Waals surface area contributed by atoms with Crippen molar-refractivity contribution in [1.29, 1.82) is 5.26 Å². The quantitative estimate of drug-likeness (QED) is 0.899. The summed E-state index contributed by atoms with van der Waals surface area (Å²) in [5.74, 6) is 0.209. The van der Waals surface area contributed by atoms with Crippen molar-refractivity contribution in [2.45, 2.75) is 19.3 Å². The number of urea groups is 1. The Morgan fingerprint density at radius 1 is 1.33 bits per heavy atom. The number of likely N-dealkylation sites (tertiary alicyclic amines) is 1. The van der Waals surface area contributed by atoms with Gasteiger partial charge in [-0.05, 0) is 48.9 Å². The van der Waals surface area contributed by atoms with E-state index in [1.807, 2.05) is 6.07 Å². The maximum absolute atomic E-state index is 13.4. The molecule has 1 saturated heterocycles. The molecule has 2 amide bonds. The van der Waals surface area contributed by atoms with Gasteiger partial charge in [-0.1, -0.05) is 6.07 Å². The SMILES string of the molecule is Cn1nc(NC(=O)N2CCC(Cc3ccc(F)c(C#N)c3)CC2)ccc1=O. The second-order valence-corrected chi connectivity index (χ2v) is 6.67. The number of aryl methyl sites for hydroxylation is 1. The summed E-state index contributed by atoms with van der Waals surface area (Å²) in [5, 5.41) is 15.6. The summed E-state index contributed by atoms with van der Waals surface area (Å²) < 4.78 is 14.6. The lowest BCUT2D eigenvalue weighted by molar-refractivity contribution is 0.182. The highest BCUT2D eigenvalue weighted by atomic mass is 19.1. The molecular weight excluding hydrogens is 349 g/mol. The third-order valence-electron chi connectivity index (χ3n) is 4.77. The van der Waals surface area contributed by atoms with Crippen molar-refractivity contribution in [3.05, 3.63) is 57.6 Å². The number of piperidine rings is 1. The fraction of sp³-hybridized carbons (Fsp3) is 0.368. The Hall–Kier alpha value is -3.21. The molecule has 8 heteroatoms. The smallest absolute Gasteiger partial charge is 0.323 e. The first-order valence-electron chi connectivity index (χ1n) is 8.75. The van der Waals surface area contributed by atoms with E-state index in [4.69, 9.17) is 5.26 Å². The fourth-order valence-corrected chi connectivity index (χ4v) is 3.22. The number of nitrogens with one attached hydrogen (secondary N) is 1. The number of anilines is 1. The molecule has 0 saturated carbocycles. The molecule has 0 aliphatic carbocycles. The second kappa shape index (κ2) is 7.99. The average molecular weight is 369 g/mol. The minimum absolute atomic E-state index is 0.0640. The molecule has 140 valence electrons. The minimum atomic E-state index is -0.500. The van der Waals surface area contributed by atoms with Crippen molar-refractivity contribution in [1.82, 2.24) is 14.7 Å². The van der Waals surface area contributed by atoms with Crippen molar-refractivity contribution >= 4 is 11.8 Å². The van der Waals surface area contributed by atoms with E-state index in [0.29, 0.717) is 24.8 Å². The Bertz CT molecular complexity index is 942. The van der Waals surface area contributed by atoms with Gasteiger partial charge in [0, 0.05) is 26.2 Å². The third kappa shape index (κ3) is 4.50. The van der Waals surface area contributed by atoms with Crippen LogP contribution in [0.1, 0.15) is 24.0 Å². The zero-order chi connectivity index (χ0) is 19.4. The van der Waals surface area contributed by atoms with Gasteiger partial charge in [-0.25, -0.2) is 13.9 Å². The van der Waals surface area contributed by atoms with Crippen molar-refractivity contribution in [3.63, 3.8) is 0 Å². The molecule has 27 heavy (non-hydrogen) atoms. The number of nitrogens with zero attached hydrogens (tertiary/aromatic N) is 4. The van der Waals surface area contributed by atoms with Gasteiger partial charge in [0.2, 0.25) is 0 Å². The van der Waals surface area contributed by atoms with Crippen LogP contribution < -0.4 is 10.9 Å². The largest absolute Gasteiger partial charge is 0.324 e. The predicted molar refractivity (Wildman–Crippen MR) is 97.6 cm³/mol. The Labute approximate surface area is 156 Å². The van der Waals surface area contributed by atoms with Gasteiger partial charge in [0.1, 0.15) is 11.9 Å². The van der Waals surface area contributed by atoms with Crippen LogP contribution in [0.3, 0.4) is 0 Å². The molecule has 7 nitrogen and oxygen atoms in total. The number of nitriles is 1. The van der Waals surface area contributed by atoms with Gasteiger partial charge >= 0.3 is 6.03 Å². The number of halogens is 1. The number of aromatic nitrogens is 2. The van der Waals surface area contributed by atoms with Gasteiger partial charge in [0.25, 0.3) is 5.56 Å². The highest BCUT2D eigenvalue weighted by Crippen LogP contribution is 2.23. The van der Waals surface area contributed by atoms with E-state index in [9.17, 15) is 14.0 Å². The molecule has 0 atom stereocenters. The molecule has 2 heterocycles. The number of hydrogen-bond acceptors (Lipinski definition) is 4. The first kappa shape index (κ1) is 18.6. The average Bonchev–Trinajstić information content (AvgIpc) is 2.67. The van der Waals surface area contributed by atoms with Crippen LogP contribution in [0.5, 0.6) is 0 Å².